The second kappa shape index (κ2) is 7.98. The molecular formula is C18H25ClN4O4S. The summed E-state index contributed by atoms with van der Waals surface area (Å²) in [7, 11) is -3.86. The molecule has 1 unspecified atom stereocenters. The summed E-state index contributed by atoms with van der Waals surface area (Å²) >= 11 is 0. The number of likely N-dealkylation sites (tertiary alicyclic amines) is 1. The third kappa shape index (κ3) is 3.41. The Labute approximate surface area is 171 Å². The van der Waals surface area contributed by atoms with Crippen molar-refractivity contribution in [3.8, 4) is 0 Å². The quantitative estimate of drug-likeness (QED) is 0.749. The largest absolute Gasteiger partial charge is 0.337 e. The number of hydrogen-bond donors (Lipinski definition) is 1. The lowest BCUT2D eigenvalue weighted by atomic mass is 10.1. The molecule has 3 heterocycles. The van der Waals surface area contributed by atoms with Crippen molar-refractivity contribution >= 4 is 34.2 Å². The number of amides is 2. The summed E-state index contributed by atoms with van der Waals surface area (Å²) in [5.74, 6) is -0.695. The number of rotatable bonds is 3. The summed E-state index contributed by atoms with van der Waals surface area (Å²) in [6, 6.07) is 4.73. The molecule has 0 spiro atoms. The molecule has 4 rings (SSSR count). The molecule has 1 aromatic rings. The van der Waals surface area contributed by atoms with Crippen molar-refractivity contribution in [3.05, 3.63) is 29.3 Å². The summed E-state index contributed by atoms with van der Waals surface area (Å²) in [6.45, 7) is 6.92. The van der Waals surface area contributed by atoms with Crippen molar-refractivity contribution in [2.75, 3.05) is 45.8 Å². The topological polar surface area (TPSA) is 90.0 Å². The SMILES string of the molecule is CCN1C(=O)c2ccc(C(=O)N3CCC(N4CCNCC4)C3)cc2S1(=O)=O.Cl. The van der Waals surface area contributed by atoms with Crippen LogP contribution in [0, 0.1) is 0 Å². The second-order valence-electron chi connectivity index (χ2n) is 7.17. The molecule has 0 aliphatic carbocycles. The van der Waals surface area contributed by atoms with Gasteiger partial charge in [-0.1, -0.05) is 0 Å². The number of halogens is 1. The van der Waals surface area contributed by atoms with Crippen LogP contribution in [0.25, 0.3) is 0 Å². The van der Waals surface area contributed by atoms with Gasteiger partial charge in [-0.2, -0.15) is 0 Å². The lowest BCUT2D eigenvalue weighted by Crippen LogP contribution is -2.49. The molecule has 2 saturated heterocycles. The molecule has 154 valence electrons. The maximum Gasteiger partial charge on any atom is 0.268 e. The monoisotopic (exact) mass is 428 g/mol. The minimum absolute atomic E-state index is 0. The van der Waals surface area contributed by atoms with Gasteiger partial charge in [0, 0.05) is 57.4 Å². The number of sulfonamides is 1. The van der Waals surface area contributed by atoms with Gasteiger partial charge in [0.05, 0.1) is 5.56 Å². The zero-order valence-corrected chi connectivity index (χ0v) is 17.4. The van der Waals surface area contributed by atoms with Crippen LogP contribution in [0.4, 0.5) is 0 Å². The highest BCUT2D eigenvalue weighted by Gasteiger charge is 2.41. The Hall–Kier alpha value is -1.68. The molecule has 28 heavy (non-hydrogen) atoms. The van der Waals surface area contributed by atoms with Gasteiger partial charge in [-0.3, -0.25) is 14.5 Å². The first-order valence-electron chi connectivity index (χ1n) is 9.38. The minimum atomic E-state index is -3.86. The number of benzene rings is 1. The van der Waals surface area contributed by atoms with Crippen LogP contribution in [-0.4, -0.2) is 86.2 Å². The summed E-state index contributed by atoms with van der Waals surface area (Å²) in [5, 5.41) is 3.33. The van der Waals surface area contributed by atoms with Crippen molar-refractivity contribution < 1.29 is 18.0 Å². The molecule has 0 bridgehead atoms. The van der Waals surface area contributed by atoms with E-state index in [1.807, 2.05) is 0 Å². The van der Waals surface area contributed by atoms with Gasteiger partial charge in [0.25, 0.3) is 21.8 Å². The van der Waals surface area contributed by atoms with Gasteiger partial charge < -0.3 is 10.2 Å². The number of nitrogens with zero attached hydrogens (tertiary/aromatic N) is 3. The van der Waals surface area contributed by atoms with E-state index >= 15 is 0 Å². The van der Waals surface area contributed by atoms with Crippen LogP contribution in [0.5, 0.6) is 0 Å². The molecule has 1 atom stereocenters. The van der Waals surface area contributed by atoms with E-state index in [-0.39, 0.29) is 35.3 Å². The molecule has 0 saturated carbocycles. The van der Waals surface area contributed by atoms with E-state index in [1.165, 1.54) is 12.1 Å². The van der Waals surface area contributed by atoms with Crippen LogP contribution in [0.3, 0.4) is 0 Å². The van der Waals surface area contributed by atoms with Crippen LogP contribution >= 0.6 is 12.4 Å². The van der Waals surface area contributed by atoms with E-state index < -0.39 is 15.9 Å². The number of carbonyl (C=O) groups is 2. The maximum absolute atomic E-state index is 12.9. The molecule has 0 radical (unpaired) electrons. The van der Waals surface area contributed by atoms with Gasteiger partial charge in [-0.25, -0.2) is 12.7 Å². The van der Waals surface area contributed by atoms with Crippen LogP contribution in [0.15, 0.2) is 23.1 Å². The standard InChI is InChI=1S/C18H24N4O4S.ClH/c1-2-22-18(24)15-4-3-13(11-16(15)27(22,25)26)17(23)21-8-5-14(12-21)20-9-6-19-7-10-20;/h3-4,11,14,19H,2,5-10,12H2,1H3;1H. The smallest absolute Gasteiger partial charge is 0.268 e. The summed E-state index contributed by atoms with van der Waals surface area (Å²) in [5.41, 5.74) is 0.470. The molecule has 1 N–H and O–H groups in total. The second-order valence-corrected chi connectivity index (χ2v) is 9.00. The zero-order valence-electron chi connectivity index (χ0n) is 15.8. The van der Waals surface area contributed by atoms with Crippen molar-refractivity contribution in [2.24, 2.45) is 0 Å². The average Bonchev–Trinajstić information content (AvgIpc) is 3.24. The fourth-order valence-corrected chi connectivity index (χ4v) is 5.78. The Morgan fingerprint density at radius 1 is 1.21 bits per heavy atom. The fourth-order valence-electron chi connectivity index (χ4n) is 4.18. The Balaban J connectivity index is 0.00000225. The van der Waals surface area contributed by atoms with Gasteiger partial charge in [0.15, 0.2) is 0 Å². The number of nitrogens with one attached hydrogen (secondary N) is 1. The summed E-state index contributed by atoms with van der Waals surface area (Å²) in [6.07, 6.45) is 0.928. The van der Waals surface area contributed by atoms with Gasteiger partial charge in [0.1, 0.15) is 4.90 Å². The maximum atomic E-state index is 12.9. The lowest BCUT2D eigenvalue weighted by molar-refractivity contribution is 0.0772. The van der Waals surface area contributed by atoms with Gasteiger partial charge in [-0.15, -0.1) is 12.4 Å². The Kier molecular flexibility index (Phi) is 6.00. The van der Waals surface area contributed by atoms with Gasteiger partial charge in [0.2, 0.25) is 0 Å². The predicted molar refractivity (Wildman–Crippen MR) is 106 cm³/mol. The zero-order chi connectivity index (χ0) is 19.2. The van der Waals surface area contributed by atoms with Crippen molar-refractivity contribution in [1.82, 2.24) is 19.4 Å². The van der Waals surface area contributed by atoms with Gasteiger partial charge >= 0.3 is 0 Å². The Morgan fingerprint density at radius 3 is 2.61 bits per heavy atom. The number of piperazine rings is 1. The molecule has 3 aliphatic heterocycles. The highest BCUT2D eigenvalue weighted by molar-refractivity contribution is 7.90. The first-order valence-corrected chi connectivity index (χ1v) is 10.8. The van der Waals surface area contributed by atoms with E-state index in [4.69, 9.17) is 0 Å². The first-order chi connectivity index (χ1) is 12.9. The molecule has 10 heteroatoms. The first kappa shape index (κ1) is 21.0. The van der Waals surface area contributed by atoms with Crippen molar-refractivity contribution in [1.29, 1.82) is 0 Å². The molecule has 8 nitrogen and oxygen atoms in total. The van der Waals surface area contributed by atoms with Crippen molar-refractivity contribution in [2.45, 2.75) is 24.3 Å². The molecule has 3 aliphatic rings. The molecule has 2 fully saturated rings. The van der Waals surface area contributed by atoms with Crippen LogP contribution < -0.4 is 5.32 Å². The minimum Gasteiger partial charge on any atom is -0.337 e. The van der Waals surface area contributed by atoms with E-state index in [2.05, 4.69) is 10.2 Å². The van der Waals surface area contributed by atoms with E-state index in [1.54, 1.807) is 17.9 Å². The number of hydrogen-bond acceptors (Lipinski definition) is 6. The lowest BCUT2D eigenvalue weighted by Gasteiger charge is -2.32. The third-order valence-corrected chi connectivity index (χ3v) is 7.56. The van der Waals surface area contributed by atoms with Crippen LogP contribution in [0.1, 0.15) is 34.1 Å². The summed E-state index contributed by atoms with van der Waals surface area (Å²) < 4.78 is 25.9. The Morgan fingerprint density at radius 2 is 1.93 bits per heavy atom. The molecular weight excluding hydrogens is 404 g/mol. The number of fused-ring (bicyclic) bond motifs is 1. The highest BCUT2D eigenvalue weighted by Crippen LogP contribution is 2.31. The van der Waals surface area contributed by atoms with Crippen molar-refractivity contribution in [3.63, 3.8) is 0 Å². The predicted octanol–water partition coefficient (Wildman–Crippen LogP) is 0.393. The third-order valence-electron chi connectivity index (χ3n) is 5.66. The molecule has 2 amide bonds. The van der Waals surface area contributed by atoms with Gasteiger partial charge in [-0.05, 0) is 31.5 Å². The van der Waals surface area contributed by atoms with E-state index in [9.17, 15) is 18.0 Å². The number of carbonyl (C=O) groups excluding carboxylic acids is 2. The average molecular weight is 429 g/mol. The molecule has 1 aromatic carbocycles. The Bertz CT molecular complexity index is 886. The van der Waals surface area contributed by atoms with Crippen LogP contribution in [-0.2, 0) is 10.0 Å². The normalized spacial score (nSPS) is 24.2. The van der Waals surface area contributed by atoms with Crippen LogP contribution in [0.2, 0.25) is 0 Å². The fraction of sp³-hybridized carbons (Fsp3) is 0.556. The van der Waals surface area contributed by atoms with E-state index in [0.717, 1.165) is 36.9 Å². The highest BCUT2D eigenvalue weighted by atomic mass is 35.5. The molecule has 0 aromatic heterocycles. The summed E-state index contributed by atoms with van der Waals surface area (Å²) in [4.78, 5) is 29.3. The van der Waals surface area contributed by atoms with E-state index in [0.29, 0.717) is 24.7 Å².